The number of rotatable bonds is 3. The van der Waals surface area contributed by atoms with E-state index in [1.807, 2.05) is 54.2 Å². The van der Waals surface area contributed by atoms with E-state index in [9.17, 15) is 4.79 Å². The number of hydrogen-bond donors (Lipinski definition) is 1. The molecule has 22 heavy (non-hydrogen) atoms. The SMILES string of the molecule is Cn1cc(/C=N/NC(=O)c2ccc(Br)cc2)c2ccccc21. The molecule has 3 aromatic rings. The number of carbonyl (C=O) groups is 1. The highest BCUT2D eigenvalue weighted by molar-refractivity contribution is 9.10. The number of aryl methyl sites for hydroxylation is 1. The summed E-state index contributed by atoms with van der Waals surface area (Å²) in [6, 6.07) is 15.2. The standard InChI is InChI=1S/C17H14BrN3O/c1-21-11-13(15-4-2-3-5-16(15)21)10-19-20-17(22)12-6-8-14(18)9-7-12/h2-11H,1H3,(H,20,22)/b19-10+. The van der Waals surface area contributed by atoms with Crippen LogP contribution in [0.1, 0.15) is 15.9 Å². The van der Waals surface area contributed by atoms with Crippen molar-refractivity contribution in [1.29, 1.82) is 0 Å². The number of hydrogen-bond acceptors (Lipinski definition) is 2. The smallest absolute Gasteiger partial charge is 0.271 e. The minimum absolute atomic E-state index is 0.232. The predicted molar refractivity (Wildman–Crippen MR) is 92.1 cm³/mol. The Morgan fingerprint density at radius 3 is 2.68 bits per heavy atom. The maximum atomic E-state index is 12.0. The van der Waals surface area contributed by atoms with Crippen LogP contribution in [0.5, 0.6) is 0 Å². The van der Waals surface area contributed by atoms with Gasteiger partial charge in [-0.05, 0) is 30.3 Å². The van der Waals surface area contributed by atoms with Crippen molar-refractivity contribution in [2.24, 2.45) is 12.1 Å². The first kappa shape index (κ1) is 14.5. The van der Waals surface area contributed by atoms with Crippen molar-refractivity contribution in [2.45, 2.75) is 0 Å². The Kier molecular flexibility index (Phi) is 4.06. The summed E-state index contributed by atoms with van der Waals surface area (Å²) in [6.07, 6.45) is 3.65. The molecular weight excluding hydrogens is 342 g/mol. The molecule has 0 unspecified atom stereocenters. The van der Waals surface area contributed by atoms with Crippen LogP contribution in [0.2, 0.25) is 0 Å². The largest absolute Gasteiger partial charge is 0.350 e. The summed E-state index contributed by atoms with van der Waals surface area (Å²) in [5.74, 6) is -0.232. The number of benzene rings is 2. The van der Waals surface area contributed by atoms with Gasteiger partial charge in [-0.2, -0.15) is 5.10 Å². The molecule has 0 saturated heterocycles. The summed E-state index contributed by atoms with van der Waals surface area (Å²) in [4.78, 5) is 12.0. The molecule has 1 N–H and O–H groups in total. The molecule has 5 heteroatoms. The van der Waals surface area contributed by atoms with Gasteiger partial charge in [-0.1, -0.05) is 34.1 Å². The molecule has 0 atom stereocenters. The number of nitrogens with one attached hydrogen (secondary N) is 1. The lowest BCUT2D eigenvalue weighted by Gasteiger charge is -1.99. The molecule has 0 spiro atoms. The molecule has 1 amide bonds. The number of carbonyl (C=O) groups excluding carboxylic acids is 1. The van der Waals surface area contributed by atoms with Gasteiger partial charge in [0, 0.05) is 39.7 Å². The summed E-state index contributed by atoms with van der Waals surface area (Å²) in [6.45, 7) is 0. The van der Waals surface area contributed by atoms with E-state index in [2.05, 4.69) is 26.5 Å². The molecule has 0 fully saturated rings. The predicted octanol–water partition coefficient (Wildman–Crippen LogP) is 3.70. The fraction of sp³-hybridized carbons (Fsp3) is 0.0588. The zero-order valence-corrected chi connectivity index (χ0v) is 13.5. The molecule has 0 aliphatic rings. The van der Waals surface area contributed by atoms with Gasteiger partial charge >= 0.3 is 0 Å². The quantitative estimate of drug-likeness (QED) is 0.565. The van der Waals surface area contributed by atoms with Crippen molar-refractivity contribution in [1.82, 2.24) is 9.99 Å². The zero-order chi connectivity index (χ0) is 15.5. The fourth-order valence-electron chi connectivity index (χ4n) is 2.30. The molecule has 1 heterocycles. The maximum Gasteiger partial charge on any atom is 0.271 e. The highest BCUT2D eigenvalue weighted by atomic mass is 79.9. The third kappa shape index (κ3) is 2.94. The van der Waals surface area contributed by atoms with Crippen molar-refractivity contribution in [2.75, 3.05) is 0 Å². The van der Waals surface area contributed by atoms with E-state index >= 15 is 0 Å². The fourth-order valence-corrected chi connectivity index (χ4v) is 2.57. The van der Waals surface area contributed by atoms with Crippen LogP contribution in [0, 0.1) is 0 Å². The van der Waals surface area contributed by atoms with E-state index in [1.165, 1.54) is 0 Å². The van der Waals surface area contributed by atoms with E-state index in [4.69, 9.17) is 0 Å². The first-order valence-electron chi connectivity index (χ1n) is 6.78. The van der Waals surface area contributed by atoms with Crippen LogP contribution in [-0.4, -0.2) is 16.7 Å². The summed E-state index contributed by atoms with van der Waals surface area (Å²) in [7, 11) is 1.99. The second-order valence-corrected chi connectivity index (χ2v) is 5.83. The van der Waals surface area contributed by atoms with Gasteiger partial charge < -0.3 is 4.57 Å². The number of nitrogens with zero attached hydrogens (tertiary/aromatic N) is 2. The Morgan fingerprint density at radius 2 is 1.91 bits per heavy atom. The molecule has 0 radical (unpaired) electrons. The van der Waals surface area contributed by atoms with E-state index in [0.717, 1.165) is 20.9 Å². The first-order valence-corrected chi connectivity index (χ1v) is 7.57. The summed E-state index contributed by atoms with van der Waals surface area (Å²) >= 11 is 3.34. The molecule has 110 valence electrons. The zero-order valence-electron chi connectivity index (χ0n) is 12.0. The molecule has 1 aromatic heterocycles. The normalized spacial score (nSPS) is 11.2. The number of para-hydroxylation sites is 1. The molecule has 0 aliphatic heterocycles. The van der Waals surface area contributed by atoms with Gasteiger partial charge in [-0.15, -0.1) is 0 Å². The Morgan fingerprint density at radius 1 is 1.18 bits per heavy atom. The number of fused-ring (bicyclic) bond motifs is 1. The lowest BCUT2D eigenvalue weighted by atomic mass is 10.2. The van der Waals surface area contributed by atoms with Crippen molar-refractivity contribution in [3.05, 3.63) is 70.3 Å². The Hall–Kier alpha value is -2.40. The summed E-state index contributed by atoms with van der Waals surface area (Å²) < 4.78 is 2.97. The van der Waals surface area contributed by atoms with Gasteiger partial charge in [0.05, 0.1) is 6.21 Å². The van der Waals surface area contributed by atoms with Crippen molar-refractivity contribution >= 4 is 39.0 Å². The molecule has 2 aromatic carbocycles. The van der Waals surface area contributed by atoms with E-state index in [1.54, 1.807) is 18.3 Å². The number of amides is 1. The van der Waals surface area contributed by atoms with Crippen LogP contribution >= 0.6 is 15.9 Å². The third-order valence-electron chi connectivity index (χ3n) is 3.40. The Balaban J connectivity index is 1.76. The maximum absolute atomic E-state index is 12.0. The summed E-state index contributed by atoms with van der Waals surface area (Å²) in [5.41, 5.74) is 5.21. The van der Waals surface area contributed by atoms with Crippen LogP contribution in [-0.2, 0) is 7.05 Å². The number of hydrazone groups is 1. The monoisotopic (exact) mass is 355 g/mol. The molecule has 4 nitrogen and oxygen atoms in total. The second kappa shape index (κ2) is 6.15. The van der Waals surface area contributed by atoms with E-state index in [0.29, 0.717) is 5.56 Å². The van der Waals surface area contributed by atoms with Gasteiger partial charge in [0.25, 0.3) is 5.91 Å². The third-order valence-corrected chi connectivity index (χ3v) is 3.93. The highest BCUT2D eigenvalue weighted by Crippen LogP contribution is 2.18. The first-order chi connectivity index (χ1) is 10.6. The van der Waals surface area contributed by atoms with Gasteiger partial charge in [0.15, 0.2) is 0 Å². The van der Waals surface area contributed by atoms with Gasteiger partial charge in [0.2, 0.25) is 0 Å². The van der Waals surface area contributed by atoms with Crippen LogP contribution in [0.3, 0.4) is 0 Å². The van der Waals surface area contributed by atoms with Gasteiger partial charge in [-0.25, -0.2) is 5.43 Å². The summed E-state index contributed by atoms with van der Waals surface area (Å²) in [5, 5.41) is 5.16. The topological polar surface area (TPSA) is 46.4 Å². The average Bonchev–Trinajstić information content (AvgIpc) is 2.85. The van der Waals surface area contributed by atoms with Crippen LogP contribution in [0.25, 0.3) is 10.9 Å². The van der Waals surface area contributed by atoms with Crippen LogP contribution in [0.4, 0.5) is 0 Å². The van der Waals surface area contributed by atoms with Crippen molar-refractivity contribution in [3.63, 3.8) is 0 Å². The van der Waals surface area contributed by atoms with Gasteiger partial charge in [0.1, 0.15) is 0 Å². The lowest BCUT2D eigenvalue weighted by molar-refractivity contribution is 0.0955. The molecule has 0 bridgehead atoms. The molecule has 3 rings (SSSR count). The lowest BCUT2D eigenvalue weighted by Crippen LogP contribution is -2.17. The minimum atomic E-state index is -0.232. The Bertz CT molecular complexity index is 850. The Labute approximate surface area is 136 Å². The second-order valence-electron chi connectivity index (χ2n) is 4.92. The van der Waals surface area contributed by atoms with E-state index < -0.39 is 0 Å². The van der Waals surface area contributed by atoms with Gasteiger partial charge in [-0.3, -0.25) is 4.79 Å². The molecule has 0 saturated carbocycles. The highest BCUT2D eigenvalue weighted by Gasteiger charge is 2.05. The van der Waals surface area contributed by atoms with Crippen LogP contribution in [0.15, 0.2) is 64.3 Å². The van der Waals surface area contributed by atoms with Crippen molar-refractivity contribution < 1.29 is 4.79 Å². The number of aromatic nitrogens is 1. The number of halogens is 1. The minimum Gasteiger partial charge on any atom is -0.350 e. The molecule has 0 aliphatic carbocycles. The molecular formula is C17H14BrN3O. The average molecular weight is 356 g/mol. The van der Waals surface area contributed by atoms with E-state index in [-0.39, 0.29) is 5.91 Å². The van der Waals surface area contributed by atoms with Crippen molar-refractivity contribution in [3.8, 4) is 0 Å². The van der Waals surface area contributed by atoms with Crippen LogP contribution < -0.4 is 5.43 Å².